The van der Waals surface area contributed by atoms with Crippen molar-refractivity contribution in [3.63, 3.8) is 0 Å². The fourth-order valence-electron chi connectivity index (χ4n) is 2.81. The van der Waals surface area contributed by atoms with Gasteiger partial charge >= 0.3 is 0 Å². The second kappa shape index (κ2) is 4.42. The van der Waals surface area contributed by atoms with Crippen LogP contribution in [0, 0.1) is 22.7 Å². The third-order valence-corrected chi connectivity index (χ3v) is 4.15. The smallest absolute Gasteiger partial charge is 0.0553 e. The molecule has 2 nitrogen and oxygen atoms in total. The highest BCUT2D eigenvalue weighted by Gasteiger charge is 2.53. The molecule has 1 heterocycles. The number of hydrogen-bond donors (Lipinski definition) is 1. The van der Waals surface area contributed by atoms with E-state index >= 15 is 0 Å². The second-order valence-electron chi connectivity index (χ2n) is 6.31. The summed E-state index contributed by atoms with van der Waals surface area (Å²) in [7, 11) is 2.05. The van der Waals surface area contributed by atoms with Crippen LogP contribution in [-0.2, 0) is 4.74 Å². The quantitative estimate of drug-likeness (QED) is 0.775. The van der Waals surface area contributed by atoms with Gasteiger partial charge in [-0.25, -0.2) is 0 Å². The van der Waals surface area contributed by atoms with E-state index in [0.29, 0.717) is 22.7 Å². The Morgan fingerprint density at radius 2 is 1.80 bits per heavy atom. The van der Waals surface area contributed by atoms with Crippen molar-refractivity contribution in [1.82, 2.24) is 5.32 Å². The van der Waals surface area contributed by atoms with E-state index in [0.717, 1.165) is 19.8 Å². The SMILES string of the molecule is CNCC(C(C)C)C1(C(C)(C)C)COC1. The van der Waals surface area contributed by atoms with Crippen molar-refractivity contribution < 1.29 is 4.74 Å². The molecule has 2 heteroatoms. The van der Waals surface area contributed by atoms with Crippen LogP contribution in [0.25, 0.3) is 0 Å². The number of ether oxygens (including phenoxy) is 1. The van der Waals surface area contributed by atoms with Crippen molar-refractivity contribution in [2.24, 2.45) is 22.7 Å². The zero-order valence-corrected chi connectivity index (χ0v) is 11.2. The van der Waals surface area contributed by atoms with Gasteiger partial charge in [0.25, 0.3) is 0 Å². The molecule has 1 N–H and O–H groups in total. The number of nitrogens with one attached hydrogen (secondary N) is 1. The van der Waals surface area contributed by atoms with Gasteiger partial charge in [-0.1, -0.05) is 34.6 Å². The first-order chi connectivity index (χ1) is 6.85. The predicted octanol–water partition coefficient (Wildman–Crippen LogP) is 2.54. The van der Waals surface area contributed by atoms with Crippen LogP contribution < -0.4 is 5.32 Å². The normalized spacial score (nSPS) is 22.6. The summed E-state index contributed by atoms with van der Waals surface area (Å²) < 4.78 is 5.51. The maximum atomic E-state index is 5.51. The molecule has 0 bridgehead atoms. The molecule has 1 fully saturated rings. The first-order valence-corrected chi connectivity index (χ1v) is 6.07. The van der Waals surface area contributed by atoms with Gasteiger partial charge in [0.1, 0.15) is 0 Å². The Morgan fingerprint density at radius 1 is 1.27 bits per heavy atom. The van der Waals surface area contributed by atoms with E-state index < -0.39 is 0 Å². The molecule has 1 aliphatic rings. The Hall–Kier alpha value is -0.0800. The van der Waals surface area contributed by atoms with Crippen molar-refractivity contribution in [2.75, 3.05) is 26.8 Å². The molecule has 0 radical (unpaired) electrons. The zero-order chi connectivity index (χ0) is 11.7. The van der Waals surface area contributed by atoms with Gasteiger partial charge in [0.2, 0.25) is 0 Å². The van der Waals surface area contributed by atoms with Crippen LogP contribution in [0.2, 0.25) is 0 Å². The first kappa shape index (κ1) is 13.0. The molecule has 15 heavy (non-hydrogen) atoms. The Morgan fingerprint density at radius 3 is 2.00 bits per heavy atom. The Bertz CT molecular complexity index is 201. The highest BCUT2D eigenvalue weighted by molar-refractivity contribution is 5.01. The van der Waals surface area contributed by atoms with Gasteiger partial charge in [-0.05, 0) is 30.8 Å². The molecule has 0 amide bonds. The van der Waals surface area contributed by atoms with Crippen LogP contribution in [0.3, 0.4) is 0 Å². The topological polar surface area (TPSA) is 21.3 Å². The van der Waals surface area contributed by atoms with E-state index in [1.807, 2.05) is 7.05 Å². The van der Waals surface area contributed by atoms with Crippen LogP contribution in [0.4, 0.5) is 0 Å². The van der Waals surface area contributed by atoms with E-state index in [1.165, 1.54) is 0 Å². The molecular weight excluding hydrogens is 186 g/mol. The lowest BCUT2D eigenvalue weighted by atomic mass is 9.56. The molecule has 1 rings (SSSR count). The highest BCUT2D eigenvalue weighted by Crippen LogP contribution is 2.52. The van der Waals surface area contributed by atoms with Crippen molar-refractivity contribution in [2.45, 2.75) is 34.6 Å². The van der Waals surface area contributed by atoms with Crippen LogP contribution in [0.15, 0.2) is 0 Å². The standard InChI is InChI=1S/C13H27NO/c1-10(2)11(7-14-6)13(8-15-9-13)12(3,4)5/h10-11,14H,7-9H2,1-6H3. The fraction of sp³-hybridized carbons (Fsp3) is 1.00. The van der Waals surface area contributed by atoms with E-state index in [4.69, 9.17) is 4.74 Å². The lowest BCUT2D eigenvalue weighted by Gasteiger charge is -2.57. The minimum absolute atomic E-state index is 0.330. The van der Waals surface area contributed by atoms with E-state index in [2.05, 4.69) is 39.9 Å². The molecule has 1 saturated heterocycles. The van der Waals surface area contributed by atoms with Gasteiger partial charge in [-0.2, -0.15) is 0 Å². The summed E-state index contributed by atoms with van der Waals surface area (Å²) in [6.07, 6.45) is 0. The minimum Gasteiger partial charge on any atom is -0.380 e. The van der Waals surface area contributed by atoms with Crippen molar-refractivity contribution >= 4 is 0 Å². The van der Waals surface area contributed by atoms with Crippen LogP contribution in [-0.4, -0.2) is 26.8 Å². The van der Waals surface area contributed by atoms with Crippen LogP contribution >= 0.6 is 0 Å². The molecule has 0 aromatic carbocycles. The van der Waals surface area contributed by atoms with Gasteiger partial charge in [0.05, 0.1) is 13.2 Å². The van der Waals surface area contributed by atoms with E-state index in [9.17, 15) is 0 Å². The van der Waals surface area contributed by atoms with Crippen molar-refractivity contribution in [1.29, 1.82) is 0 Å². The molecular formula is C13H27NO. The summed E-state index contributed by atoms with van der Waals surface area (Å²) in [4.78, 5) is 0. The Labute approximate surface area is 94.8 Å². The second-order valence-corrected chi connectivity index (χ2v) is 6.31. The van der Waals surface area contributed by atoms with Crippen molar-refractivity contribution in [3.05, 3.63) is 0 Å². The number of hydrogen-bond acceptors (Lipinski definition) is 2. The van der Waals surface area contributed by atoms with Crippen molar-refractivity contribution in [3.8, 4) is 0 Å². The van der Waals surface area contributed by atoms with E-state index in [-0.39, 0.29) is 0 Å². The fourth-order valence-corrected chi connectivity index (χ4v) is 2.81. The molecule has 0 spiro atoms. The van der Waals surface area contributed by atoms with Gasteiger partial charge < -0.3 is 10.1 Å². The molecule has 90 valence electrons. The number of rotatable bonds is 4. The third kappa shape index (κ3) is 2.21. The van der Waals surface area contributed by atoms with Gasteiger partial charge in [0.15, 0.2) is 0 Å². The molecule has 0 saturated carbocycles. The monoisotopic (exact) mass is 213 g/mol. The minimum atomic E-state index is 0.330. The summed E-state index contributed by atoms with van der Waals surface area (Å²) in [5.41, 5.74) is 0.696. The predicted molar refractivity (Wildman–Crippen MR) is 65.0 cm³/mol. The largest absolute Gasteiger partial charge is 0.380 e. The molecule has 0 aliphatic carbocycles. The Kier molecular flexibility index (Phi) is 3.83. The van der Waals surface area contributed by atoms with Gasteiger partial charge in [-0.15, -0.1) is 0 Å². The molecule has 1 atom stereocenters. The summed E-state index contributed by atoms with van der Waals surface area (Å²) >= 11 is 0. The first-order valence-electron chi connectivity index (χ1n) is 6.07. The molecule has 0 aromatic rings. The van der Waals surface area contributed by atoms with Crippen LogP contribution in [0.5, 0.6) is 0 Å². The Balaban J connectivity index is 2.87. The lowest BCUT2D eigenvalue weighted by molar-refractivity contribution is -0.209. The lowest BCUT2D eigenvalue weighted by Crippen LogP contribution is -2.59. The van der Waals surface area contributed by atoms with E-state index in [1.54, 1.807) is 0 Å². The van der Waals surface area contributed by atoms with Gasteiger partial charge in [0, 0.05) is 5.41 Å². The zero-order valence-electron chi connectivity index (χ0n) is 11.2. The van der Waals surface area contributed by atoms with Gasteiger partial charge in [-0.3, -0.25) is 0 Å². The summed E-state index contributed by atoms with van der Waals surface area (Å²) in [6, 6.07) is 0. The highest BCUT2D eigenvalue weighted by atomic mass is 16.5. The van der Waals surface area contributed by atoms with Crippen LogP contribution in [0.1, 0.15) is 34.6 Å². The summed E-state index contributed by atoms with van der Waals surface area (Å²) in [5.74, 6) is 1.41. The molecule has 1 aliphatic heterocycles. The third-order valence-electron chi connectivity index (χ3n) is 4.15. The maximum absolute atomic E-state index is 5.51. The average molecular weight is 213 g/mol. The summed E-state index contributed by atoms with van der Waals surface area (Å²) in [5, 5.41) is 3.34. The molecule has 1 unspecified atom stereocenters. The summed E-state index contributed by atoms with van der Waals surface area (Å²) in [6.45, 7) is 14.7. The average Bonchev–Trinajstić information content (AvgIpc) is 1.97. The molecule has 0 aromatic heterocycles. The maximum Gasteiger partial charge on any atom is 0.0553 e.